The van der Waals surface area contributed by atoms with Crippen molar-refractivity contribution in [2.24, 2.45) is 0 Å². The van der Waals surface area contributed by atoms with Gasteiger partial charge in [-0.15, -0.1) is 0 Å². The molecule has 23 heavy (non-hydrogen) atoms. The third-order valence-corrected chi connectivity index (χ3v) is 3.36. The highest BCUT2D eigenvalue weighted by molar-refractivity contribution is 5.91. The van der Waals surface area contributed by atoms with Gasteiger partial charge in [0.25, 0.3) is 0 Å². The fraction of sp³-hybridized carbons (Fsp3) is 0. The predicted molar refractivity (Wildman–Crippen MR) is 88.0 cm³/mol. The quantitative estimate of drug-likeness (QED) is 0.681. The number of pyridine rings is 1. The van der Waals surface area contributed by atoms with Crippen molar-refractivity contribution in [3.63, 3.8) is 0 Å². The fourth-order valence-electron chi connectivity index (χ4n) is 2.25. The summed E-state index contributed by atoms with van der Waals surface area (Å²) in [5.41, 5.74) is 3.08. The number of carboxylic acids is 1. The van der Waals surface area contributed by atoms with Gasteiger partial charge in [-0.25, -0.2) is 4.79 Å². The summed E-state index contributed by atoms with van der Waals surface area (Å²) < 4.78 is 0. The van der Waals surface area contributed by atoms with Crippen LogP contribution in [0.5, 0.6) is 5.75 Å². The molecule has 0 radical (unpaired) electrons. The number of phenols is 1. The Hall–Kier alpha value is -3.34. The molecule has 3 rings (SSSR count). The number of benzene rings is 2. The molecule has 0 saturated carbocycles. The Morgan fingerprint density at radius 3 is 2.39 bits per heavy atom. The second-order valence-corrected chi connectivity index (χ2v) is 4.99. The lowest BCUT2D eigenvalue weighted by atomic mass is 10.0. The topological polar surface area (TPSA) is 82.5 Å². The van der Waals surface area contributed by atoms with Crippen molar-refractivity contribution < 1.29 is 15.0 Å². The van der Waals surface area contributed by atoms with Gasteiger partial charge in [-0.1, -0.05) is 24.3 Å². The molecule has 0 aliphatic carbocycles. The van der Waals surface area contributed by atoms with Crippen LogP contribution in [0.4, 0.5) is 11.4 Å². The van der Waals surface area contributed by atoms with E-state index in [1.165, 1.54) is 12.1 Å². The minimum Gasteiger partial charge on any atom is -0.507 e. The Balaban J connectivity index is 1.91. The Bertz CT molecular complexity index is 848. The van der Waals surface area contributed by atoms with Gasteiger partial charge in [-0.2, -0.15) is 0 Å². The summed E-state index contributed by atoms with van der Waals surface area (Å²) in [5, 5.41) is 22.0. The van der Waals surface area contributed by atoms with Crippen LogP contribution in [0.2, 0.25) is 0 Å². The third-order valence-electron chi connectivity index (χ3n) is 3.36. The maximum absolute atomic E-state index is 10.9. The van der Waals surface area contributed by atoms with Crippen LogP contribution in [0.3, 0.4) is 0 Å². The number of para-hydroxylation sites is 1. The molecule has 1 heterocycles. The summed E-state index contributed by atoms with van der Waals surface area (Å²) in [6.07, 6.45) is 3.35. The molecule has 0 unspecified atom stereocenters. The van der Waals surface area contributed by atoms with E-state index in [-0.39, 0.29) is 11.3 Å². The maximum Gasteiger partial charge on any atom is 0.339 e. The van der Waals surface area contributed by atoms with Gasteiger partial charge in [0, 0.05) is 17.4 Å². The molecular formula is C18H14N2O3. The molecule has 3 aromatic rings. The van der Waals surface area contributed by atoms with Gasteiger partial charge >= 0.3 is 5.97 Å². The van der Waals surface area contributed by atoms with Crippen LogP contribution < -0.4 is 5.32 Å². The Morgan fingerprint density at radius 1 is 0.913 bits per heavy atom. The van der Waals surface area contributed by atoms with Crippen molar-refractivity contribution in [2.45, 2.75) is 0 Å². The zero-order valence-electron chi connectivity index (χ0n) is 12.1. The molecule has 0 aliphatic heterocycles. The first-order chi connectivity index (χ1) is 11.1. The molecule has 0 fully saturated rings. The molecule has 0 bridgehead atoms. The summed E-state index contributed by atoms with van der Waals surface area (Å²) in [4.78, 5) is 15.1. The third kappa shape index (κ3) is 3.29. The van der Waals surface area contributed by atoms with E-state index < -0.39 is 5.97 Å². The van der Waals surface area contributed by atoms with Crippen LogP contribution >= 0.6 is 0 Å². The summed E-state index contributed by atoms with van der Waals surface area (Å²) >= 11 is 0. The highest BCUT2D eigenvalue weighted by Crippen LogP contribution is 2.28. The lowest BCUT2D eigenvalue weighted by Crippen LogP contribution is -1.96. The van der Waals surface area contributed by atoms with Crippen LogP contribution in [0.1, 0.15) is 10.4 Å². The largest absolute Gasteiger partial charge is 0.507 e. The summed E-state index contributed by atoms with van der Waals surface area (Å²) in [5.74, 6) is -1.43. The molecule has 5 nitrogen and oxygen atoms in total. The van der Waals surface area contributed by atoms with E-state index in [4.69, 9.17) is 5.11 Å². The molecule has 114 valence electrons. The Morgan fingerprint density at radius 2 is 1.70 bits per heavy atom. The number of carbonyl (C=O) groups is 1. The smallest absolute Gasteiger partial charge is 0.339 e. The number of rotatable bonds is 4. The standard InChI is InChI=1S/C18H14N2O3/c21-17-9-12(6-7-16(17)18(22)23)13-8-15(11-19-10-13)20-14-4-2-1-3-5-14/h1-11,20-21H,(H,22,23). The average molecular weight is 306 g/mol. The molecule has 5 heteroatoms. The van der Waals surface area contributed by atoms with Crippen LogP contribution in [0.25, 0.3) is 11.1 Å². The second-order valence-electron chi connectivity index (χ2n) is 4.99. The van der Waals surface area contributed by atoms with Gasteiger partial charge in [0.05, 0.1) is 11.9 Å². The van der Waals surface area contributed by atoms with Crippen molar-refractivity contribution in [2.75, 3.05) is 5.32 Å². The zero-order valence-corrected chi connectivity index (χ0v) is 12.1. The first-order valence-electron chi connectivity index (χ1n) is 6.97. The highest BCUT2D eigenvalue weighted by atomic mass is 16.4. The van der Waals surface area contributed by atoms with Gasteiger partial charge in [0.2, 0.25) is 0 Å². The number of nitrogens with one attached hydrogen (secondary N) is 1. The molecule has 0 atom stereocenters. The number of aromatic nitrogens is 1. The monoisotopic (exact) mass is 306 g/mol. The first kappa shape index (κ1) is 14.6. The van der Waals surface area contributed by atoms with E-state index in [1.807, 2.05) is 36.4 Å². The van der Waals surface area contributed by atoms with Crippen molar-refractivity contribution >= 4 is 17.3 Å². The molecular weight excluding hydrogens is 292 g/mol. The normalized spacial score (nSPS) is 10.3. The molecule has 1 aromatic heterocycles. The van der Waals surface area contributed by atoms with Crippen LogP contribution in [-0.4, -0.2) is 21.2 Å². The van der Waals surface area contributed by atoms with Gasteiger partial charge in [0.15, 0.2) is 0 Å². The zero-order chi connectivity index (χ0) is 16.2. The van der Waals surface area contributed by atoms with E-state index in [1.54, 1.807) is 18.5 Å². The summed E-state index contributed by atoms with van der Waals surface area (Å²) in [6.45, 7) is 0. The van der Waals surface area contributed by atoms with Gasteiger partial charge in [-0.3, -0.25) is 4.98 Å². The minimum absolute atomic E-state index is 0.125. The SMILES string of the molecule is O=C(O)c1ccc(-c2cncc(Nc3ccccc3)c2)cc1O. The van der Waals surface area contributed by atoms with E-state index in [0.29, 0.717) is 5.56 Å². The molecule has 0 saturated heterocycles. The second kappa shape index (κ2) is 6.19. The number of hydrogen-bond acceptors (Lipinski definition) is 4. The lowest BCUT2D eigenvalue weighted by molar-refractivity contribution is 0.0694. The number of nitrogens with zero attached hydrogens (tertiary/aromatic N) is 1. The Kier molecular flexibility index (Phi) is 3.93. The predicted octanol–water partition coefficient (Wildman–Crippen LogP) is 3.90. The molecule has 0 amide bonds. The summed E-state index contributed by atoms with van der Waals surface area (Å²) in [6, 6.07) is 16.0. The Labute approximate surface area is 132 Å². The van der Waals surface area contributed by atoms with Gasteiger partial charge < -0.3 is 15.5 Å². The lowest BCUT2D eigenvalue weighted by Gasteiger charge is -2.09. The molecule has 2 aromatic carbocycles. The number of aromatic hydroxyl groups is 1. The fourth-order valence-corrected chi connectivity index (χ4v) is 2.25. The van der Waals surface area contributed by atoms with Crippen molar-refractivity contribution in [1.82, 2.24) is 4.98 Å². The molecule has 0 aliphatic rings. The van der Waals surface area contributed by atoms with Crippen LogP contribution in [-0.2, 0) is 0 Å². The molecule has 3 N–H and O–H groups in total. The van der Waals surface area contributed by atoms with Gasteiger partial charge in [0.1, 0.15) is 11.3 Å². The van der Waals surface area contributed by atoms with E-state index in [0.717, 1.165) is 16.9 Å². The number of carboxylic acid groups (broad SMARTS) is 1. The van der Waals surface area contributed by atoms with Crippen LogP contribution in [0, 0.1) is 0 Å². The van der Waals surface area contributed by atoms with Crippen molar-refractivity contribution in [1.29, 1.82) is 0 Å². The first-order valence-corrected chi connectivity index (χ1v) is 6.97. The average Bonchev–Trinajstić information content (AvgIpc) is 2.55. The molecule has 0 spiro atoms. The van der Waals surface area contributed by atoms with Crippen LogP contribution in [0.15, 0.2) is 67.0 Å². The van der Waals surface area contributed by atoms with E-state index in [9.17, 15) is 9.90 Å². The number of anilines is 2. The number of aromatic carboxylic acids is 1. The summed E-state index contributed by atoms with van der Waals surface area (Å²) in [7, 11) is 0. The van der Waals surface area contributed by atoms with E-state index in [2.05, 4.69) is 10.3 Å². The van der Waals surface area contributed by atoms with Crippen molar-refractivity contribution in [3.05, 3.63) is 72.6 Å². The number of hydrogen-bond donors (Lipinski definition) is 3. The van der Waals surface area contributed by atoms with Gasteiger partial charge in [-0.05, 0) is 35.9 Å². The van der Waals surface area contributed by atoms with Crippen molar-refractivity contribution in [3.8, 4) is 16.9 Å². The van der Waals surface area contributed by atoms with E-state index >= 15 is 0 Å². The minimum atomic E-state index is -1.16. The maximum atomic E-state index is 10.9. The highest BCUT2D eigenvalue weighted by Gasteiger charge is 2.10.